The highest BCUT2D eigenvalue weighted by Gasteiger charge is 2.23. The Morgan fingerprint density at radius 3 is 2.71 bits per heavy atom. The van der Waals surface area contributed by atoms with Gasteiger partial charge in [-0.05, 0) is 71.9 Å². The zero-order valence-electron chi connectivity index (χ0n) is 11.6. The standard InChI is InChI=1S/C14H29N3/c1-16-9-6-14(7-10-16)17(2)12-13-5-3-4-8-15-11-13/h13-15H,3-12H2,1-2H3. The Kier molecular flexibility index (Phi) is 5.26. The highest BCUT2D eigenvalue weighted by Crippen LogP contribution is 2.18. The number of nitrogens with one attached hydrogen (secondary N) is 1. The first-order valence-electron chi connectivity index (χ1n) is 7.35. The summed E-state index contributed by atoms with van der Waals surface area (Å²) in [6.45, 7) is 6.31. The summed E-state index contributed by atoms with van der Waals surface area (Å²) in [5.74, 6) is 0.877. The third-order valence-electron chi connectivity index (χ3n) is 4.51. The van der Waals surface area contributed by atoms with E-state index in [-0.39, 0.29) is 0 Å². The topological polar surface area (TPSA) is 18.5 Å². The van der Waals surface area contributed by atoms with Gasteiger partial charge < -0.3 is 15.1 Å². The van der Waals surface area contributed by atoms with Crippen molar-refractivity contribution >= 4 is 0 Å². The van der Waals surface area contributed by atoms with Crippen molar-refractivity contribution in [3.63, 3.8) is 0 Å². The molecule has 0 aliphatic carbocycles. The van der Waals surface area contributed by atoms with Crippen LogP contribution in [0.5, 0.6) is 0 Å². The van der Waals surface area contributed by atoms with Gasteiger partial charge in [0.15, 0.2) is 0 Å². The van der Waals surface area contributed by atoms with Crippen molar-refractivity contribution < 1.29 is 0 Å². The molecule has 2 heterocycles. The monoisotopic (exact) mass is 239 g/mol. The van der Waals surface area contributed by atoms with Crippen LogP contribution in [-0.2, 0) is 0 Å². The average Bonchev–Trinajstić information content (AvgIpc) is 2.58. The van der Waals surface area contributed by atoms with Crippen LogP contribution in [0.25, 0.3) is 0 Å². The van der Waals surface area contributed by atoms with Crippen LogP contribution in [0.3, 0.4) is 0 Å². The number of hydrogen-bond donors (Lipinski definition) is 1. The van der Waals surface area contributed by atoms with Gasteiger partial charge in [-0.3, -0.25) is 0 Å². The number of hydrogen-bond acceptors (Lipinski definition) is 3. The van der Waals surface area contributed by atoms with E-state index in [0.717, 1.165) is 12.0 Å². The molecule has 3 heteroatoms. The molecule has 0 aromatic rings. The van der Waals surface area contributed by atoms with Crippen LogP contribution < -0.4 is 5.32 Å². The quantitative estimate of drug-likeness (QED) is 0.803. The molecule has 0 amide bonds. The number of rotatable bonds is 3. The molecule has 2 saturated heterocycles. The van der Waals surface area contributed by atoms with Gasteiger partial charge in [0.1, 0.15) is 0 Å². The van der Waals surface area contributed by atoms with E-state index in [1.54, 1.807) is 0 Å². The Balaban J connectivity index is 1.73. The second-order valence-corrected chi connectivity index (χ2v) is 6.04. The van der Waals surface area contributed by atoms with Gasteiger partial charge in [0.25, 0.3) is 0 Å². The molecule has 0 bridgehead atoms. The zero-order valence-corrected chi connectivity index (χ0v) is 11.6. The summed E-state index contributed by atoms with van der Waals surface area (Å²) in [6, 6.07) is 0.828. The first-order valence-corrected chi connectivity index (χ1v) is 7.35. The molecular formula is C14H29N3. The Morgan fingerprint density at radius 1 is 1.18 bits per heavy atom. The number of nitrogens with zero attached hydrogens (tertiary/aromatic N) is 2. The van der Waals surface area contributed by atoms with Crippen molar-refractivity contribution in [2.45, 2.75) is 38.1 Å². The summed E-state index contributed by atoms with van der Waals surface area (Å²) in [7, 11) is 4.58. The van der Waals surface area contributed by atoms with Crippen LogP contribution in [0.2, 0.25) is 0 Å². The lowest BCUT2D eigenvalue weighted by molar-refractivity contribution is 0.127. The van der Waals surface area contributed by atoms with Crippen molar-refractivity contribution in [3.8, 4) is 0 Å². The molecule has 0 spiro atoms. The fourth-order valence-electron chi connectivity index (χ4n) is 3.24. The van der Waals surface area contributed by atoms with Gasteiger partial charge in [-0.1, -0.05) is 6.42 Å². The van der Waals surface area contributed by atoms with Crippen molar-refractivity contribution in [2.24, 2.45) is 5.92 Å². The van der Waals surface area contributed by atoms with E-state index in [1.807, 2.05) is 0 Å². The van der Waals surface area contributed by atoms with Crippen LogP contribution >= 0.6 is 0 Å². The van der Waals surface area contributed by atoms with Crippen LogP contribution in [0.1, 0.15) is 32.1 Å². The minimum atomic E-state index is 0.828. The first kappa shape index (κ1) is 13.3. The lowest BCUT2D eigenvalue weighted by atomic mass is 9.99. The molecule has 3 nitrogen and oxygen atoms in total. The van der Waals surface area contributed by atoms with Crippen LogP contribution in [-0.4, -0.2) is 62.7 Å². The fourth-order valence-corrected chi connectivity index (χ4v) is 3.24. The molecule has 2 fully saturated rings. The lowest BCUT2D eigenvalue weighted by Crippen LogP contribution is -2.44. The molecule has 0 radical (unpaired) electrons. The van der Waals surface area contributed by atoms with Gasteiger partial charge in [0.2, 0.25) is 0 Å². The fraction of sp³-hybridized carbons (Fsp3) is 1.00. The summed E-state index contributed by atoms with van der Waals surface area (Å²) < 4.78 is 0. The maximum Gasteiger partial charge on any atom is 0.0117 e. The van der Waals surface area contributed by atoms with Crippen LogP contribution in [0.15, 0.2) is 0 Å². The Labute approximate surface area is 107 Å². The van der Waals surface area contributed by atoms with Crippen molar-refractivity contribution in [3.05, 3.63) is 0 Å². The maximum atomic E-state index is 3.58. The summed E-state index contributed by atoms with van der Waals surface area (Å²) in [5.41, 5.74) is 0. The highest BCUT2D eigenvalue weighted by molar-refractivity contribution is 4.79. The molecule has 0 aromatic carbocycles. The molecule has 0 aromatic heterocycles. The number of likely N-dealkylation sites (tertiary alicyclic amines) is 1. The van der Waals surface area contributed by atoms with Gasteiger partial charge in [-0.2, -0.15) is 0 Å². The normalized spacial score (nSPS) is 29.5. The third-order valence-corrected chi connectivity index (χ3v) is 4.51. The molecule has 1 atom stereocenters. The summed E-state index contributed by atoms with van der Waals surface area (Å²) in [5, 5.41) is 3.58. The molecule has 2 aliphatic heterocycles. The van der Waals surface area contributed by atoms with E-state index >= 15 is 0 Å². The molecule has 100 valence electrons. The van der Waals surface area contributed by atoms with Crippen molar-refractivity contribution in [1.82, 2.24) is 15.1 Å². The summed E-state index contributed by atoms with van der Waals surface area (Å²) >= 11 is 0. The van der Waals surface area contributed by atoms with E-state index in [0.29, 0.717) is 0 Å². The van der Waals surface area contributed by atoms with E-state index < -0.39 is 0 Å². The van der Waals surface area contributed by atoms with Crippen LogP contribution in [0, 0.1) is 5.92 Å². The molecule has 1 unspecified atom stereocenters. The van der Waals surface area contributed by atoms with E-state index in [4.69, 9.17) is 0 Å². The second-order valence-electron chi connectivity index (χ2n) is 6.04. The summed E-state index contributed by atoms with van der Waals surface area (Å²) in [4.78, 5) is 5.09. The van der Waals surface area contributed by atoms with Crippen LogP contribution in [0.4, 0.5) is 0 Å². The van der Waals surface area contributed by atoms with Crippen molar-refractivity contribution in [1.29, 1.82) is 0 Å². The average molecular weight is 239 g/mol. The SMILES string of the molecule is CN1CCC(N(C)CC2CCCCNC2)CC1. The lowest BCUT2D eigenvalue weighted by Gasteiger charge is -2.36. The maximum absolute atomic E-state index is 3.58. The zero-order chi connectivity index (χ0) is 12.1. The highest BCUT2D eigenvalue weighted by atomic mass is 15.2. The molecule has 0 saturated carbocycles. The predicted octanol–water partition coefficient (Wildman–Crippen LogP) is 1.40. The van der Waals surface area contributed by atoms with Gasteiger partial charge in [0, 0.05) is 12.6 Å². The second kappa shape index (κ2) is 6.72. The number of piperidine rings is 1. The molecule has 2 rings (SSSR count). The van der Waals surface area contributed by atoms with E-state index in [2.05, 4.69) is 29.2 Å². The van der Waals surface area contributed by atoms with Gasteiger partial charge in [-0.15, -0.1) is 0 Å². The molecule has 1 N–H and O–H groups in total. The Hall–Kier alpha value is -0.120. The van der Waals surface area contributed by atoms with E-state index in [9.17, 15) is 0 Å². The minimum Gasteiger partial charge on any atom is -0.316 e. The van der Waals surface area contributed by atoms with E-state index in [1.165, 1.54) is 64.8 Å². The molecule has 2 aliphatic rings. The summed E-state index contributed by atoms with van der Waals surface area (Å²) in [6.07, 6.45) is 6.91. The van der Waals surface area contributed by atoms with Gasteiger partial charge >= 0.3 is 0 Å². The first-order chi connectivity index (χ1) is 8.25. The Bertz CT molecular complexity index is 204. The Morgan fingerprint density at radius 2 is 1.94 bits per heavy atom. The smallest absolute Gasteiger partial charge is 0.0117 e. The van der Waals surface area contributed by atoms with Gasteiger partial charge in [0.05, 0.1) is 0 Å². The van der Waals surface area contributed by atoms with Gasteiger partial charge in [-0.25, -0.2) is 0 Å². The minimum absolute atomic E-state index is 0.828. The molecule has 17 heavy (non-hydrogen) atoms. The molecular weight excluding hydrogens is 210 g/mol. The van der Waals surface area contributed by atoms with Crippen molar-refractivity contribution in [2.75, 3.05) is 46.8 Å². The third kappa shape index (κ3) is 4.23. The largest absolute Gasteiger partial charge is 0.316 e. The predicted molar refractivity (Wildman–Crippen MR) is 73.4 cm³/mol.